The van der Waals surface area contributed by atoms with Gasteiger partial charge in [-0.15, -0.1) is 12.4 Å². The molecular formula is C10H15ClN4O2. The standard InChI is InChI=1S/C10H14N4O2.ClH/c15-14(16)9-3-1-5-12-10(9)13-7-2-4-11-6-8-13;/h1,3,5,11H,2,4,6-8H2;1H. The van der Waals surface area contributed by atoms with Crippen molar-refractivity contribution in [3.05, 3.63) is 28.4 Å². The molecule has 0 unspecified atom stereocenters. The first-order valence-electron chi connectivity index (χ1n) is 5.34. The molecule has 0 spiro atoms. The molecule has 1 saturated heterocycles. The summed E-state index contributed by atoms with van der Waals surface area (Å²) in [5.41, 5.74) is 0.0874. The zero-order chi connectivity index (χ0) is 11.4. The molecule has 0 aliphatic carbocycles. The van der Waals surface area contributed by atoms with Crippen LogP contribution in [0.2, 0.25) is 0 Å². The van der Waals surface area contributed by atoms with E-state index in [0.717, 1.165) is 32.6 Å². The van der Waals surface area contributed by atoms with Crippen LogP contribution in [0.5, 0.6) is 0 Å². The highest BCUT2D eigenvalue weighted by molar-refractivity contribution is 5.85. The highest BCUT2D eigenvalue weighted by Crippen LogP contribution is 2.24. The van der Waals surface area contributed by atoms with Crippen molar-refractivity contribution in [2.24, 2.45) is 0 Å². The van der Waals surface area contributed by atoms with Crippen molar-refractivity contribution >= 4 is 23.9 Å². The number of aromatic nitrogens is 1. The molecule has 0 amide bonds. The predicted molar refractivity (Wildman–Crippen MR) is 67.8 cm³/mol. The van der Waals surface area contributed by atoms with Gasteiger partial charge in [-0.1, -0.05) is 0 Å². The van der Waals surface area contributed by atoms with Crippen molar-refractivity contribution in [1.82, 2.24) is 10.3 Å². The van der Waals surface area contributed by atoms with Crippen LogP contribution in [0, 0.1) is 10.1 Å². The largest absolute Gasteiger partial charge is 0.350 e. The van der Waals surface area contributed by atoms with E-state index in [2.05, 4.69) is 10.3 Å². The fourth-order valence-electron chi connectivity index (χ4n) is 1.83. The van der Waals surface area contributed by atoms with Crippen molar-refractivity contribution in [2.45, 2.75) is 6.42 Å². The molecule has 0 bridgehead atoms. The molecule has 94 valence electrons. The molecule has 7 heteroatoms. The molecule has 17 heavy (non-hydrogen) atoms. The Morgan fingerprint density at radius 1 is 1.41 bits per heavy atom. The Kier molecular flexibility index (Phi) is 5.11. The van der Waals surface area contributed by atoms with Gasteiger partial charge in [-0.05, 0) is 19.0 Å². The van der Waals surface area contributed by atoms with Crippen molar-refractivity contribution < 1.29 is 4.92 Å². The summed E-state index contributed by atoms with van der Waals surface area (Å²) in [5.74, 6) is 0.483. The average molecular weight is 259 g/mol. The number of nitro groups is 1. The summed E-state index contributed by atoms with van der Waals surface area (Å²) >= 11 is 0. The Labute approximate surface area is 106 Å². The summed E-state index contributed by atoms with van der Waals surface area (Å²) in [5, 5.41) is 14.1. The van der Waals surface area contributed by atoms with E-state index in [1.807, 2.05) is 4.90 Å². The Morgan fingerprint density at radius 2 is 2.24 bits per heavy atom. The molecule has 0 radical (unpaired) electrons. The molecule has 1 aliphatic rings. The Morgan fingerprint density at radius 3 is 3.00 bits per heavy atom. The summed E-state index contributed by atoms with van der Waals surface area (Å²) in [6.07, 6.45) is 2.58. The third-order valence-corrected chi connectivity index (χ3v) is 2.60. The number of hydrogen-bond donors (Lipinski definition) is 1. The monoisotopic (exact) mass is 258 g/mol. The second-order valence-corrected chi connectivity index (χ2v) is 3.69. The van der Waals surface area contributed by atoms with Gasteiger partial charge in [0.25, 0.3) is 0 Å². The Hall–Kier alpha value is -1.40. The Bertz CT molecular complexity index is 380. The molecule has 1 aromatic heterocycles. The number of hydrogen-bond acceptors (Lipinski definition) is 5. The van der Waals surface area contributed by atoms with Gasteiger partial charge >= 0.3 is 5.69 Å². The van der Waals surface area contributed by atoms with Gasteiger partial charge in [0.2, 0.25) is 5.82 Å². The van der Waals surface area contributed by atoms with E-state index in [1.54, 1.807) is 12.3 Å². The van der Waals surface area contributed by atoms with Crippen LogP contribution in [0.25, 0.3) is 0 Å². The van der Waals surface area contributed by atoms with Crippen LogP contribution >= 0.6 is 12.4 Å². The smallest absolute Gasteiger partial charge is 0.311 e. The van der Waals surface area contributed by atoms with Crippen molar-refractivity contribution in [3.63, 3.8) is 0 Å². The lowest BCUT2D eigenvalue weighted by atomic mass is 10.3. The number of halogens is 1. The third kappa shape index (κ3) is 3.28. The summed E-state index contributed by atoms with van der Waals surface area (Å²) < 4.78 is 0. The molecule has 0 saturated carbocycles. The minimum Gasteiger partial charge on any atom is -0.350 e. The lowest BCUT2D eigenvalue weighted by molar-refractivity contribution is -0.384. The second kappa shape index (κ2) is 6.36. The van der Waals surface area contributed by atoms with Crippen molar-refractivity contribution in [2.75, 3.05) is 31.1 Å². The van der Waals surface area contributed by atoms with Crippen LogP contribution in [-0.4, -0.2) is 36.1 Å². The first-order valence-corrected chi connectivity index (χ1v) is 5.34. The average Bonchev–Trinajstić information content (AvgIpc) is 2.57. The zero-order valence-corrected chi connectivity index (χ0v) is 10.2. The molecular weight excluding hydrogens is 244 g/mol. The number of anilines is 1. The van der Waals surface area contributed by atoms with E-state index in [9.17, 15) is 10.1 Å². The van der Waals surface area contributed by atoms with Crippen LogP contribution < -0.4 is 10.2 Å². The van der Waals surface area contributed by atoms with Crippen LogP contribution in [0.4, 0.5) is 11.5 Å². The highest BCUT2D eigenvalue weighted by atomic mass is 35.5. The highest BCUT2D eigenvalue weighted by Gasteiger charge is 2.20. The van der Waals surface area contributed by atoms with Gasteiger partial charge in [0.1, 0.15) is 0 Å². The van der Waals surface area contributed by atoms with E-state index in [0.29, 0.717) is 5.82 Å². The number of nitrogens with zero attached hydrogens (tertiary/aromatic N) is 3. The summed E-state index contributed by atoms with van der Waals surface area (Å²) in [4.78, 5) is 16.6. The van der Waals surface area contributed by atoms with Gasteiger partial charge in [0.15, 0.2) is 0 Å². The van der Waals surface area contributed by atoms with Gasteiger partial charge in [0, 0.05) is 31.9 Å². The molecule has 2 rings (SSSR count). The number of rotatable bonds is 2. The molecule has 6 nitrogen and oxygen atoms in total. The molecule has 1 N–H and O–H groups in total. The molecule has 2 heterocycles. The topological polar surface area (TPSA) is 71.3 Å². The van der Waals surface area contributed by atoms with Gasteiger partial charge in [-0.3, -0.25) is 10.1 Å². The molecule has 1 aliphatic heterocycles. The lowest BCUT2D eigenvalue weighted by Gasteiger charge is -2.20. The second-order valence-electron chi connectivity index (χ2n) is 3.69. The van der Waals surface area contributed by atoms with Crippen LogP contribution in [0.15, 0.2) is 18.3 Å². The minimum absolute atomic E-state index is 0. The fraction of sp³-hybridized carbons (Fsp3) is 0.500. The van der Waals surface area contributed by atoms with Gasteiger partial charge < -0.3 is 10.2 Å². The third-order valence-electron chi connectivity index (χ3n) is 2.60. The summed E-state index contributed by atoms with van der Waals surface area (Å²) in [6.45, 7) is 3.37. The molecule has 0 aromatic carbocycles. The Balaban J connectivity index is 0.00000144. The maximum Gasteiger partial charge on any atom is 0.311 e. The number of pyridine rings is 1. The molecule has 1 fully saturated rings. The first kappa shape index (κ1) is 13.7. The lowest BCUT2D eigenvalue weighted by Crippen LogP contribution is -2.29. The summed E-state index contributed by atoms with van der Waals surface area (Å²) in [6, 6.07) is 3.10. The van der Waals surface area contributed by atoms with E-state index in [4.69, 9.17) is 0 Å². The fourth-order valence-corrected chi connectivity index (χ4v) is 1.83. The SMILES string of the molecule is Cl.O=[N+]([O-])c1cccnc1N1CCCNCC1. The van der Waals surface area contributed by atoms with E-state index in [-0.39, 0.29) is 23.0 Å². The van der Waals surface area contributed by atoms with Crippen LogP contribution in [-0.2, 0) is 0 Å². The van der Waals surface area contributed by atoms with Crippen molar-refractivity contribution in [3.8, 4) is 0 Å². The minimum atomic E-state index is -0.374. The summed E-state index contributed by atoms with van der Waals surface area (Å²) in [7, 11) is 0. The van der Waals surface area contributed by atoms with E-state index >= 15 is 0 Å². The normalized spacial score (nSPS) is 15.9. The van der Waals surface area contributed by atoms with Crippen LogP contribution in [0.3, 0.4) is 0 Å². The quantitative estimate of drug-likeness (QED) is 0.638. The van der Waals surface area contributed by atoms with Gasteiger partial charge in [-0.25, -0.2) is 4.98 Å². The van der Waals surface area contributed by atoms with Gasteiger partial charge in [0.05, 0.1) is 4.92 Å². The maximum absolute atomic E-state index is 10.9. The maximum atomic E-state index is 10.9. The molecule has 1 aromatic rings. The van der Waals surface area contributed by atoms with E-state index < -0.39 is 0 Å². The number of nitrogens with one attached hydrogen (secondary N) is 1. The van der Waals surface area contributed by atoms with E-state index in [1.165, 1.54) is 6.07 Å². The molecule has 0 atom stereocenters. The van der Waals surface area contributed by atoms with Gasteiger partial charge in [-0.2, -0.15) is 0 Å². The van der Waals surface area contributed by atoms with Crippen LogP contribution in [0.1, 0.15) is 6.42 Å². The van der Waals surface area contributed by atoms with Crippen molar-refractivity contribution in [1.29, 1.82) is 0 Å². The zero-order valence-electron chi connectivity index (χ0n) is 9.33. The first-order chi connectivity index (χ1) is 7.79. The predicted octanol–water partition coefficient (Wildman–Crippen LogP) is 1.21.